The van der Waals surface area contributed by atoms with Crippen LogP contribution in [0.1, 0.15) is 45.2 Å². The van der Waals surface area contributed by atoms with Crippen molar-refractivity contribution in [2.45, 2.75) is 45.3 Å². The maximum atomic E-state index is 13.3. The number of nitriles is 1. The monoisotopic (exact) mass is 474 g/mol. The van der Waals surface area contributed by atoms with Crippen molar-refractivity contribution < 1.29 is 9.53 Å². The van der Waals surface area contributed by atoms with Crippen molar-refractivity contribution in [2.75, 3.05) is 13.1 Å². The molecule has 4 aromatic rings. The van der Waals surface area contributed by atoms with Crippen LogP contribution in [0.4, 0.5) is 4.79 Å². The Morgan fingerprint density at radius 1 is 1.26 bits per heavy atom. The lowest BCUT2D eigenvalue weighted by molar-refractivity contribution is 0.0172. The van der Waals surface area contributed by atoms with E-state index in [0.717, 1.165) is 12.8 Å². The molecule has 1 atom stereocenters. The molecule has 0 radical (unpaired) electrons. The number of nitrogens with zero attached hydrogens (tertiary/aromatic N) is 8. The molecular formula is C24H26N8O3. The van der Waals surface area contributed by atoms with Crippen LogP contribution < -0.4 is 5.69 Å². The van der Waals surface area contributed by atoms with Gasteiger partial charge in [0.2, 0.25) is 0 Å². The summed E-state index contributed by atoms with van der Waals surface area (Å²) in [6, 6.07) is 5.30. The number of pyridine rings is 1. The Kier molecular flexibility index (Phi) is 5.31. The third-order valence-corrected chi connectivity index (χ3v) is 6.14. The number of piperidine rings is 1. The Morgan fingerprint density at radius 2 is 2.06 bits per heavy atom. The van der Waals surface area contributed by atoms with E-state index in [4.69, 9.17) is 9.72 Å². The molecule has 4 aromatic heterocycles. The van der Waals surface area contributed by atoms with Gasteiger partial charge in [-0.25, -0.2) is 24.1 Å². The average Bonchev–Trinajstić information content (AvgIpc) is 3.36. The molecule has 1 saturated heterocycles. The fourth-order valence-corrected chi connectivity index (χ4v) is 4.47. The summed E-state index contributed by atoms with van der Waals surface area (Å²) < 4.78 is 10.4. The molecule has 11 heteroatoms. The van der Waals surface area contributed by atoms with Crippen LogP contribution in [-0.2, 0) is 11.8 Å². The lowest BCUT2D eigenvalue weighted by atomic mass is 10.1. The van der Waals surface area contributed by atoms with Crippen LogP contribution in [0.15, 0.2) is 35.5 Å². The number of ether oxygens (including phenoxy) is 1. The van der Waals surface area contributed by atoms with E-state index in [9.17, 15) is 14.9 Å². The first kappa shape index (κ1) is 22.6. The molecule has 11 nitrogen and oxygen atoms in total. The summed E-state index contributed by atoms with van der Waals surface area (Å²) >= 11 is 0. The zero-order valence-electron chi connectivity index (χ0n) is 20.1. The van der Waals surface area contributed by atoms with Gasteiger partial charge in [-0.1, -0.05) is 0 Å². The zero-order chi connectivity index (χ0) is 24.9. The molecule has 0 N–H and O–H groups in total. The molecule has 1 aliphatic heterocycles. The minimum atomic E-state index is -0.595. The van der Waals surface area contributed by atoms with Crippen LogP contribution in [0.3, 0.4) is 0 Å². The van der Waals surface area contributed by atoms with E-state index in [0.29, 0.717) is 46.7 Å². The molecule has 35 heavy (non-hydrogen) atoms. The number of likely N-dealkylation sites (tertiary alicyclic amines) is 1. The first-order valence-corrected chi connectivity index (χ1v) is 11.5. The summed E-state index contributed by atoms with van der Waals surface area (Å²) in [5, 5.41) is 13.6. The third kappa shape index (κ3) is 4.01. The summed E-state index contributed by atoms with van der Waals surface area (Å²) in [7, 11) is 1.69. The number of fused-ring (bicyclic) bond motifs is 2. The smallest absolute Gasteiger partial charge is 0.410 e. The molecule has 0 bridgehead atoms. The van der Waals surface area contributed by atoms with Gasteiger partial charge in [-0.2, -0.15) is 10.4 Å². The molecule has 0 aliphatic carbocycles. The maximum Gasteiger partial charge on any atom is 0.410 e. The average molecular weight is 475 g/mol. The minimum Gasteiger partial charge on any atom is -0.444 e. The normalized spacial score (nSPS) is 16.5. The van der Waals surface area contributed by atoms with Gasteiger partial charge in [-0.05, 0) is 45.7 Å². The number of hydrogen-bond donors (Lipinski definition) is 0. The second-order valence-corrected chi connectivity index (χ2v) is 9.75. The van der Waals surface area contributed by atoms with E-state index in [-0.39, 0.29) is 17.8 Å². The van der Waals surface area contributed by atoms with Crippen molar-refractivity contribution in [2.24, 2.45) is 7.05 Å². The van der Waals surface area contributed by atoms with E-state index >= 15 is 0 Å². The van der Waals surface area contributed by atoms with E-state index in [2.05, 4.69) is 16.2 Å². The standard InChI is InChI=1S/C24H26N8O3/c1-24(2,3)35-23(34)30-8-5-6-16(14-30)32-21-19(29(4)22(32)33)13-26-20(28-21)17-12-27-31-9-7-15(11-25)10-18(17)31/h7,9-10,12-13,16H,5-6,8,14H2,1-4H3/t16-/m1/s1. The van der Waals surface area contributed by atoms with Crippen molar-refractivity contribution in [1.82, 2.24) is 33.6 Å². The number of carbonyl (C=O) groups excluding carboxylic acids is 1. The van der Waals surface area contributed by atoms with Gasteiger partial charge in [-0.15, -0.1) is 0 Å². The number of aryl methyl sites for hydroxylation is 1. The second-order valence-electron chi connectivity index (χ2n) is 9.75. The van der Waals surface area contributed by atoms with Crippen molar-refractivity contribution in [3.8, 4) is 17.5 Å². The Hall–Kier alpha value is -4.20. The fourth-order valence-electron chi connectivity index (χ4n) is 4.47. The van der Waals surface area contributed by atoms with E-state index < -0.39 is 5.60 Å². The number of hydrogen-bond acceptors (Lipinski definition) is 7. The second kappa shape index (κ2) is 8.23. The number of rotatable bonds is 2. The van der Waals surface area contributed by atoms with Crippen LogP contribution in [0.2, 0.25) is 0 Å². The Labute approximate surface area is 201 Å². The lowest BCUT2D eigenvalue weighted by Gasteiger charge is -2.34. The quantitative estimate of drug-likeness (QED) is 0.438. The number of amides is 1. The Bertz CT molecular complexity index is 1550. The molecule has 5 heterocycles. The number of carbonyl (C=O) groups is 1. The fraction of sp³-hybridized carbons (Fsp3) is 0.417. The van der Waals surface area contributed by atoms with Gasteiger partial charge in [0.1, 0.15) is 11.1 Å². The largest absolute Gasteiger partial charge is 0.444 e. The highest BCUT2D eigenvalue weighted by Gasteiger charge is 2.31. The zero-order valence-corrected chi connectivity index (χ0v) is 20.1. The predicted molar refractivity (Wildman–Crippen MR) is 128 cm³/mol. The van der Waals surface area contributed by atoms with E-state index in [1.165, 1.54) is 4.57 Å². The van der Waals surface area contributed by atoms with Crippen LogP contribution in [0.5, 0.6) is 0 Å². The van der Waals surface area contributed by atoms with Gasteiger partial charge < -0.3 is 9.64 Å². The van der Waals surface area contributed by atoms with Crippen molar-refractivity contribution in [3.63, 3.8) is 0 Å². The SMILES string of the molecule is Cn1c(=O)n([C@@H]2CCCN(C(=O)OC(C)(C)C)C2)c2nc(-c3cnn4ccc(C#N)cc34)ncc21. The number of aromatic nitrogens is 6. The van der Waals surface area contributed by atoms with Crippen LogP contribution in [-0.4, -0.2) is 58.4 Å². The molecule has 1 aliphatic rings. The highest BCUT2D eigenvalue weighted by molar-refractivity contribution is 5.80. The molecular weight excluding hydrogens is 448 g/mol. The summed E-state index contributed by atoms with van der Waals surface area (Å²) in [6.07, 6.45) is 6.08. The third-order valence-electron chi connectivity index (χ3n) is 6.14. The molecule has 5 rings (SSSR count). The Balaban J connectivity index is 1.57. The Morgan fingerprint density at radius 3 is 2.80 bits per heavy atom. The summed E-state index contributed by atoms with van der Waals surface area (Å²) in [5.41, 5.74) is 2.14. The van der Waals surface area contributed by atoms with Gasteiger partial charge in [0.25, 0.3) is 0 Å². The van der Waals surface area contributed by atoms with E-state index in [1.807, 2.05) is 20.8 Å². The van der Waals surface area contributed by atoms with Crippen LogP contribution >= 0.6 is 0 Å². The van der Waals surface area contributed by atoms with Crippen LogP contribution in [0.25, 0.3) is 28.1 Å². The summed E-state index contributed by atoms with van der Waals surface area (Å²) in [5.74, 6) is 0.404. The maximum absolute atomic E-state index is 13.3. The molecule has 0 saturated carbocycles. The summed E-state index contributed by atoms with van der Waals surface area (Å²) in [4.78, 5) is 36.9. The number of imidazole rings is 1. The van der Waals surface area contributed by atoms with Gasteiger partial charge in [0.15, 0.2) is 11.5 Å². The minimum absolute atomic E-state index is 0.214. The van der Waals surface area contributed by atoms with Gasteiger partial charge in [-0.3, -0.25) is 9.13 Å². The molecule has 180 valence electrons. The molecule has 1 amide bonds. The van der Waals surface area contributed by atoms with Crippen molar-refractivity contribution in [3.05, 3.63) is 46.8 Å². The van der Waals surface area contributed by atoms with Gasteiger partial charge >= 0.3 is 11.8 Å². The summed E-state index contributed by atoms with van der Waals surface area (Å²) in [6.45, 7) is 6.43. The van der Waals surface area contributed by atoms with Crippen molar-refractivity contribution >= 4 is 22.8 Å². The molecule has 0 unspecified atom stereocenters. The van der Waals surface area contributed by atoms with Gasteiger partial charge in [0.05, 0.1) is 41.1 Å². The lowest BCUT2D eigenvalue weighted by Crippen LogP contribution is -2.45. The highest BCUT2D eigenvalue weighted by Crippen LogP contribution is 2.27. The van der Waals surface area contributed by atoms with E-state index in [1.54, 1.807) is 51.8 Å². The van der Waals surface area contributed by atoms with Crippen LogP contribution in [0, 0.1) is 11.3 Å². The first-order valence-electron chi connectivity index (χ1n) is 11.5. The molecule has 1 fully saturated rings. The molecule has 0 aromatic carbocycles. The topological polar surface area (TPSA) is 123 Å². The van der Waals surface area contributed by atoms with Gasteiger partial charge in [0, 0.05) is 26.3 Å². The van der Waals surface area contributed by atoms with Crippen molar-refractivity contribution in [1.29, 1.82) is 5.26 Å². The molecule has 0 spiro atoms. The predicted octanol–water partition coefficient (Wildman–Crippen LogP) is 2.89. The highest BCUT2D eigenvalue weighted by atomic mass is 16.6. The first-order chi connectivity index (χ1) is 16.7.